The van der Waals surface area contributed by atoms with Crippen molar-refractivity contribution >= 4 is 41.4 Å². The van der Waals surface area contributed by atoms with E-state index in [1.54, 1.807) is 4.90 Å². The first-order valence-corrected chi connectivity index (χ1v) is 13.4. The molecule has 0 unspecified atom stereocenters. The number of carbonyl (C=O) groups is 2. The van der Waals surface area contributed by atoms with Crippen LogP contribution in [0.2, 0.25) is 0 Å². The second kappa shape index (κ2) is 11.8. The quantitative estimate of drug-likeness (QED) is 0.302. The molecule has 1 saturated carbocycles. The first-order chi connectivity index (χ1) is 20.1. The molecule has 0 bridgehead atoms. The maximum atomic E-state index is 15.1. The number of imidazole rings is 1. The molecular weight excluding hydrogens is 594 g/mol. The number of hydrogen-bond donors (Lipinski definition) is 2. The number of benzene rings is 1. The molecule has 2 amide bonds. The Balaban J connectivity index is 0.00000368. The smallest absolute Gasteiger partial charge is 0.338 e. The number of anilines is 2. The monoisotopic (exact) mass is 621 g/mol. The van der Waals surface area contributed by atoms with E-state index in [1.165, 1.54) is 50.9 Å². The normalized spacial score (nSPS) is 15.5. The molecule has 16 heteroatoms. The second-order valence-electron chi connectivity index (χ2n) is 10.4. The summed E-state index contributed by atoms with van der Waals surface area (Å²) in [5, 5.41) is 6.77. The Labute approximate surface area is 249 Å². The molecule has 2 fully saturated rings. The van der Waals surface area contributed by atoms with E-state index in [0.717, 1.165) is 18.9 Å². The molecule has 1 saturated heterocycles. The van der Waals surface area contributed by atoms with Crippen molar-refractivity contribution in [3.8, 4) is 11.3 Å². The fourth-order valence-corrected chi connectivity index (χ4v) is 5.04. The molecule has 4 heterocycles. The molecule has 0 spiro atoms. The number of alkyl halides is 3. The number of hydrogen-bond acceptors (Lipinski definition) is 7. The zero-order valence-corrected chi connectivity index (χ0v) is 23.5. The van der Waals surface area contributed by atoms with Crippen molar-refractivity contribution in [1.82, 2.24) is 33.9 Å². The lowest BCUT2D eigenvalue weighted by Crippen LogP contribution is -2.52. The van der Waals surface area contributed by atoms with Crippen molar-refractivity contribution in [2.75, 3.05) is 38.0 Å². The van der Waals surface area contributed by atoms with E-state index in [4.69, 9.17) is 5.73 Å². The van der Waals surface area contributed by atoms with Crippen LogP contribution in [0.25, 0.3) is 16.9 Å². The van der Waals surface area contributed by atoms with Crippen molar-refractivity contribution in [2.45, 2.75) is 25.6 Å². The number of nitrogens with one attached hydrogen (secondary N) is 1. The van der Waals surface area contributed by atoms with Gasteiger partial charge in [-0.1, -0.05) is 0 Å². The average molecular weight is 622 g/mol. The lowest BCUT2D eigenvalue weighted by atomic mass is 10.1. The summed E-state index contributed by atoms with van der Waals surface area (Å²) >= 11 is 0. The first-order valence-electron chi connectivity index (χ1n) is 13.4. The number of carbonyl (C=O) groups excluding carboxylic acids is 2. The molecule has 11 nitrogen and oxygen atoms in total. The number of aromatic nitrogens is 5. The van der Waals surface area contributed by atoms with Crippen molar-refractivity contribution in [3.05, 3.63) is 60.1 Å². The van der Waals surface area contributed by atoms with Crippen LogP contribution in [-0.4, -0.2) is 78.5 Å². The molecule has 3 aromatic heterocycles. The number of halogens is 5. The minimum absolute atomic E-state index is 0. The minimum atomic E-state index is -4.66. The van der Waals surface area contributed by atoms with Crippen LogP contribution in [0.15, 0.2) is 43.0 Å². The lowest BCUT2D eigenvalue weighted by Gasteiger charge is -2.34. The van der Waals surface area contributed by atoms with Crippen molar-refractivity contribution < 1.29 is 27.2 Å². The van der Waals surface area contributed by atoms with E-state index >= 15 is 4.39 Å². The van der Waals surface area contributed by atoms with Crippen LogP contribution in [0.5, 0.6) is 0 Å². The Morgan fingerprint density at radius 3 is 2.44 bits per heavy atom. The summed E-state index contributed by atoms with van der Waals surface area (Å²) in [5.74, 6) is -0.956. The van der Waals surface area contributed by atoms with Gasteiger partial charge in [0.25, 0.3) is 5.91 Å². The molecule has 1 aliphatic carbocycles. The summed E-state index contributed by atoms with van der Waals surface area (Å²) in [6.07, 6.45) is 2.87. The molecule has 6 rings (SSSR count). The van der Waals surface area contributed by atoms with E-state index in [1.807, 2.05) is 0 Å². The number of amides is 2. The highest BCUT2D eigenvalue weighted by molar-refractivity contribution is 5.95. The van der Waals surface area contributed by atoms with Gasteiger partial charge in [0.05, 0.1) is 29.6 Å². The van der Waals surface area contributed by atoms with Crippen molar-refractivity contribution in [1.29, 1.82) is 0 Å². The Hall–Kier alpha value is -4.24. The van der Waals surface area contributed by atoms with Gasteiger partial charge in [0, 0.05) is 57.0 Å². The number of fused-ring (bicyclic) bond motifs is 1. The third kappa shape index (κ3) is 6.13. The Kier molecular flexibility index (Phi) is 8.29. The molecule has 43 heavy (non-hydrogen) atoms. The maximum Gasteiger partial charge on any atom is 0.435 e. The minimum Gasteiger partial charge on any atom is -0.338 e. The van der Waals surface area contributed by atoms with Crippen LogP contribution < -0.4 is 11.1 Å². The standard InChI is InChI=1S/C27H27F4N9O2.ClH/c28-20-11-17(3-4-18(20)26(42)38-9-7-37(8-10-38)22(41)12-32)35-24-25-34-13-21(40(25)6-5-33-24)19-15-39(14-16-1-2-16)36-23(19)27(29,30)31;/h3-6,11,13,15-16H,1-2,7-10,12,14,32H2,(H,33,35);1H. The van der Waals surface area contributed by atoms with Crippen LogP contribution in [0.3, 0.4) is 0 Å². The lowest BCUT2D eigenvalue weighted by molar-refractivity contribution is -0.141. The number of rotatable bonds is 7. The van der Waals surface area contributed by atoms with E-state index in [0.29, 0.717) is 25.6 Å². The van der Waals surface area contributed by atoms with Crippen molar-refractivity contribution in [3.63, 3.8) is 0 Å². The zero-order valence-electron chi connectivity index (χ0n) is 22.7. The molecular formula is C27H28ClF4N9O2. The van der Waals surface area contributed by atoms with Gasteiger partial charge in [-0.15, -0.1) is 12.4 Å². The summed E-state index contributed by atoms with van der Waals surface area (Å²) in [6.45, 7) is 1.46. The SMILES string of the molecule is Cl.NCC(=O)N1CCN(C(=O)c2ccc(Nc3nccn4c(-c5cn(CC6CC6)nc5C(F)(F)F)cnc34)cc2F)CC1. The summed E-state index contributed by atoms with van der Waals surface area (Å²) < 4.78 is 59.5. The van der Waals surface area contributed by atoms with Gasteiger partial charge in [0.1, 0.15) is 5.82 Å². The van der Waals surface area contributed by atoms with Gasteiger partial charge in [-0.3, -0.25) is 18.7 Å². The van der Waals surface area contributed by atoms with Gasteiger partial charge in [-0.2, -0.15) is 18.3 Å². The van der Waals surface area contributed by atoms with E-state index < -0.39 is 23.6 Å². The summed E-state index contributed by atoms with van der Waals surface area (Å²) in [4.78, 5) is 36.3. The number of piperazine rings is 1. The van der Waals surface area contributed by atoms with Gasteiger partial charge in [-0.05, 0) is 37.0 Å². The number of nitrogens with zero attached hydrogens (tertiary/aromatic N) is 7. The van der Waals surface area contributed by atoms with Crippen LogP contribution in [0, 0.1) is 11.7 Å². The zero-order chi connectivity index (χ0) is 29.6. The third-order valence-corrected chi connectivity index (χ3v) is 7.43. The van der Waals surface area contributed by atoms with Crippen molar-refractivity contribution in [2.24, 2.45) is 11.7 Å². The summed E-state index contributed by atoms with van der Waals surface area (Å²) in [7, 11) is 0. The van der Waals surface area contributed by atoms with Crippen LogP contribution in [0.1, 0.15) is 28.9 Å². The summed E-state index contributed by atoms with van der Waals surface area (Å²) in [5.41, 5.74) is 4.84. The Morgan fingerprint density at radius 1 is 1.07 bits per heavy atom. The highest BCUT2D eigenvalue weighted by atomic mass is 35.5. The van der Waals surface area contributed by atoms with Gasteiger partial charge >= 0.3 is 6.18 Å². The van der Waals surface area contributed by atoms with Crippen LogP contribution in [-0.2, 0) is 17.5 Å². The molecule has 0 atom stereocenters. The fourth-order valence-electron chi connectivity index (χ4n) is 5.04. The fraction of sp³-hybridized carbons (Fsp3) is 0.370. The molecule has 228 valence electrons. The second-order valence-corrected chi connectivity index (χ2v) is 10.4. The molecule has 4 aromatic rings. The van der Waals surface area contributed by atoms with Gasteiger partial charge in [0.15, 0.2) is 17.2 Å². The van der Waals surface area contributed by atoms with Gasteiger partial charge in [-0.25, -0.2) is 14.4 Å². The van der Waals surface area contributed by atoms with Gasteiger partial charge in [0.2, 0.25) is 5.91 Å². The molecule has 2 aliphatic rings. The average Bonchev–Trinajstić information content (AvgIpc) is 3.50. The predicted octanol–water partition coefficient (Wildman–Crippen LogP) is 3.57. The molecule has 1 aliphatic heterocycles. The van der Waals surface area contributed by atoms with E-state index in [-0.39, 0.29) is 71.9 Å². The Bertz CT molecular complexity index is 1660. The van der Waals surface area contributed by atoms with E-state index in [9.17, 15) is 22.8 Å². The van der Waals surface area contributed by atoms with Crippen LogP contribution in [0.4, 0.5) is 29.1 Å². The van der Waals surface area contributed by atoms with Gasteiger partial charge < -0.3 is 20.9 Å². The largest absolute Gasteiger partial charge is 0.435 e. The third-order valence-electron chi connectivity index (χ3n) is 7.43. The topological polar surface area (TPSA) is 127 Å². The first kappa shape index (κ1) is 30.2. The van der Waals surface area contributed by atoms with E-state index in [2.05, 4.69) is 20.4 Å². The molecule has 0 radical (unpaired) electrons. The van der Waals surface area contributed by atoms with Crippen LogP contribution >= 0.6 is 12.4 Å². The molecule has 1 aromatic carbocycles. The highest BCUT2D eigenvalue weighted by Crippen LogP contribution is 2.38. The number of nitrogens with two attached hydrogens (primary N) is 1. The maximum absolute atomic E-state index is 15.1. The highest BCUT2D eigenvalue weighted by Gasteiger charge is 2.39. The predicted molar refractivity (Wildman–Crippen MR) is 150 cm³/mol. The summed E-state index contributed by atoms with van der Waals surface area (Å²) in [6, 6.07) is 3.99. The molecule has 3 N–H and O–H groups in total. The Morgan fingerprint density at radius 2 is 1.79 bits per heavy atom.